The minimum absolute atomic E-state index is 0.00897. The summed E-state index contributed by atoms with van der Waals surface area (Å²) in [6, 6.07) is 1.62. The zero-order valence-corrected chi connectivity index (χ0v) is 13.1. The van der Waals surface area contributed by atoms with Crippen molar-refractivity contribution in [2.24, 2.45) is 4.99 Å². The Morgan fingerprint density at radius 2 is 2.36 bits per heavy atom. The molecule has 0 fully saturated rings. The summed E-state index contributed by atoms with van der Waals surface area (Å²) >= 11 is 5.99. The van der Waals surface area contributed by atoms with Gasteiger partial charge in [0.25, 0.3) is 5.91 Å². The number of ether oxygens (including phenoxy) is 2. The Balaban J connectivity index is 2.08. The molecule has 7 heteroatoms. The molecule has 2 heterocycles. The standard InChI is InChI=1S/C15H16ClFN2O3/c1-3-21-15-18-14(20)13(22-15)10-11(17)9(16)7-8-5-4-6-19(2)12(8)10/h7,13H,3-6H2,1-2H3. The molecular weight excluding hydrogens is 311 g/mol. The van der Waals surface area contributed by atoms with Crippen LogP contribution in [0.1, 0.15) is 30.6 Å². The molecule has 1 unspecified atom stereocenters. The van der Waals surface area contributed by atoms with Crippen LogP contribution in [0.4, 0.5) is 10.1 Å². The third-order valence-corrected chi connectivity index (χ3v) is 4.08. The summed E-state index contributed by atoms with van der Waals surface area (Å²) in [5, 5.41) is -0.00897. The number of anilines is 1. The Labute approximate surface area is 132 Å². The normalized spacial score (nSPS) is 20.5. The van der Waals surface area contributed by atoms with Crippen LogP contribution in [0.2, 0.25) is 5.02 Å². The zero-order chi connectivity index (χ0) is 15.9. The maximum atomic E-state index is 14.6. The van der Waals surface area contributed by atoms with Crippen LogP contribution in [0, 0.1) is 5.82 Å². The Kier molecular flexibility index (Phi) is 3.95. The molecule has 0 saturated heterocycles. The minimum atomic E-state index is -1.14. The van der Waals surface area contributed by atoms with Crippen LogP contribution in [0.5, 0.6) is 0 Å². The Morgan fingerprint density at radius 1 is 1.59 bits per heavy atom. The van der Waals surface area contributed by atoms with E-state index in [4.69, 9.17) is 21.1 Å². The van der Waals surface area contributed by atoms with Crippen molar-refractivity contribution in [3.63, 3.8) is 0 Å². The number of aliphatic imine (C=N–C) groups is 1. The van der Waals surface area contributed by atoms with E-state index in [1.165, 1.54) is 0 Å². The van der Waals surface area contributed by atoms with Gasteiger partial charge in [0.05, 0.1) is 22.9 Å². The predicted octanol–water partition coefficient (Wildman–Crippen LogP) is 2.85. The highest BCUT2D eigenvalue weighted by Crippen LogP contribution is 2.41. The number of hydrogen-bond donors (Lipinski definition) is 0. The van der Waals surface area contributed by atoms with Gasteiger partial charge in [-0.3, -0.25) is 4.79 Å². The van der Waals surface area contributed by atoms with Gasteiger partial charge in [-0.15, -0.1) is 4.99 Å². The van der Waals surface area contributed by atoms with Gasteiger partial charge < -0.3 is 14.4 Å². The van der Waals surface area contributed by atoms with E-state index in [1.807, 2.05) is 11.9 Å². The molecule has 3 rings (SSSR count). The Morgan fingerprint density at radius 3 is 3.09 bits per heavy atom. The van der Waals surface area contributed by atoms with Gasteiger partial charge in [0, 0.05) is 13.6 Å². The summed E-state index contributed by atoms with van der Waals surface area (Å²) in [4.78, 5) is 17.7. The van der Waals surface area contributed by atoms with Crippen molar-refractivity contribution in [3.8, 4) is 0 Å². The lowest BCUT2D eigenvalue weighted by Gasteiger charge is -2.31. The molecule has 1 aromatic carbocycles. The molecule has 0 N–H and O–H groups in total. The average Bonchev–Trinajstić information content (AvgIpc) is 2.82. The molecule has 1 amide bonds. The molecular formula is C15H16ClFN2O3. The van der Waals surface area contributed by atoms with Crippen LogP contribution in [0.3, 0.4) is 0 Å². The van der Waals surface area contributed by atoms with Gasteiger partial charge in [-0.2, -0.15) is 0 Å². The molecule has 1 aromatic rings. The predicted molar refractivity (Wildman–Crippen MR) is 80.9 cm³/mol. The molecule has 0 bridgehead atoms. The van der Waals surface area contributed by atoms with E-state index in [0.29, 0.717) is 12.3 Å². The number of carbonyl (C=O) groups is 1. The Hall–Kier alpha value is -1.82. The third kappa shape index (κ3) is 2.41. The molecule has 118 valence electrons. The topological polar surface area (TPSA) is 51.1 Å². The van der Waals surface area contributed by atoms with Gasteiger partial charge in [0.15, 0.2) is 5.82 Å². The molecule has 0 spiro atoms. The van der Waals surface area contributed by atoms with Gasteiger partial charge in [-0.1, -0.05) is 11.6 Å². The molecule has 0 radical (unpaired) electrons. The van der Waals surface area contributed by atoms with Crippen molar-refractivity contribution in [1.29, 1.82) is 0 Å². The van der Waals surface area contributed by atoms with Crippen molar-refractivity contribution < 1.29 is 18.7 Å². The van der Waals surface area contributed by atoms with Crippen LogP contribution in [0.25, 0.3) is 0 Å². The number of amides is 1. The van der Waals surface area contributed by atoms with E-state index >= 15 is 0 Å². The number of nitrogens with zero attached hydrogens (tertiary/aromatic N) is 2. The summed E-state index contributed by atoms with van der Waals surface area (Å²) in [5.74, 6) is -1.22. The zero-order valence-electron chi connectivity index (χ0n) is 12.4. The second-order valence-corrected chi connectivity index (χ2v) is 5.67. The molecule has 2 aliphatic rings. The summed E-state index contributed by atoms with van der Waals surface area (Å²) in [5.41, 5.74) is 1.73. The molecule has 0 aromatic heterocycles. The first-order valence-corrected chi connectivity index (χ1v) is 7.54. The quantitative estimate of drug-likeness (QED) is 0.838. The summed E-state index contributed by atoms with van der Waals surface area (Å²) in [6.45, 7) is 2.84. The van der Waals surface area contributed by atoms with Crippen LogP contribution in [-0.2, 0) is 20.7 Å². The van der Waals surface area contributed by atoms with E-state index in [-0.39, 0.29) is 16.7 Å². The first kappa shape index (κ1) is 15.1. The molecule has 0 aliphatic carbocycles. The van der Waals surface area contributed by atoms with Gasteiger partial charge in [-0.05, 0) is 31.4 Å². The first-order valence-electron chi connectivity index (χ1n) is 7.16. The molecule has 22 heavy (non-hydrogen) atoms. The van der Waals surface area contributed by atoms with Crippen molar-refractivity contribution in [1.82, 2.24) is 0 Å². The molecule has 5 nitrogen and oxygen atoms in total. The van der Waals surface area contributed by atoms with Crippen molar-refractivity contribution >= 4 is 29.3 Å². The number of halogens is 2. The second kappa shape index (κ2) is 5.76. The fraction of sp³-hybridized carbons (Fsp3) is 0.467. The van der Waals surface area contributed by atoms with Gasteiger partial charge in [-0.25, -0.2) is 4.39 Å². The van der Waals surface area contributed by atoms with Gasteiger partial charge in [0.1, 0.15) is 0 Å². The number of fused-ring (bicyclic) bond motifs is 1. The van der Waals surface area contributed by atoms with Crippen molar-refractivity contribution in [2.75, 3.05) is 25.1 Å². The van der Waals surface area contributed by atoms with E-state index in [1.54, 1.807) is 13.0 Å². The summed E-state index contributed by atoms with van der Waals surface area (Å²) in [6.07, 6.45) is 0.469. The molecule has 2 aliphatic heterocycles. The first-order chi connectivity index (χ1) is 10.5. The van der Waals surface area contributed by atoms with E-state index in [0.717, 1.165) is 24.9 Å². The van der Waals surface area contributed by atoms with Crippen LogP contribution >= 0.6 is 11.6 Å². The van der Waals surface area contributed by atoms with Crippen LogP contribution in [0.15, 0.2) is 11.1 Å². The maximum Gasteiger partial charge on any atom is 0.392 e. The van der Waals surface area contributed by atoms with Gasteiger partial charge in [0.2, 0.25) is 6.10 Å². The number of rotatable bonds is 2. The SMILES string of the molecule is CCOC1=NC(=O)C(c2c(F)c(Cl)cc3c2N(C)CCC3)O1. The lowest BCUT2D eigenvalue weighted by molar-refractivity contribution is -0.123. The lowest BCUT2D eigenvalue weighted by Crippen LogP contribution is -2.28. The van der Waals surface area contributed by atoms with E-state index in [9.17, 15) is 9.18 Å². The van der Waals surface area contributed by atoms with Crippen molar-refractivity contribution in [2.45, 2.75) is 25.9 Å². The smallest absolute Gasteiger partial charge is 0.392 e. The number of carbonyl (C=O) groups excluding carboxylic acids is 1. The number of benzene rings is 1. The molecule has 1 atom stereocenters. The largest absolute Gasteiger partial charge is 0.451 e. The van der Waals surface area contributed by atoms with Crippen LogP contribution < -0.4 is 4.90 Å². The van der Waals surface area contributed by atoms with E-state index in [2.05, 4.69) is 4.99 Å². The minimum Gasteiger partial charge on any atom is -0.451 e. The van der Waals surface area contributed by atoms with Crippen LogP contribution in [-0.4, -0.2) is 32.2 Å². The molecule has 0 saturated carbocycles. The summed E-state index contributed by atoms with van der Waals surface area (Å²) < 4.78 is 25.1. The highest BCUT2D eigenvalue weighted by Gasteiger charge is 2.38. The Bertz CT molecular complexity index is 663. The highest BCUT2D eigenvalue weighted by atomic mass is 35.5. The number of hydrogen-bond acceptors (Lipinski definition) is 4. The number of aryl methyl sites for hydroxylation is 1. The lowest BCUT2D eigenvalue weighted by atomic mass is 9.94. The fourth-order valence-electron chi connectivity index (χ4n) is 2.89. The third-order valence-electron chi connectivity index (χ3n) is 3.80. The maximum absolute atomic E-state index is 14.6. The van der Waals surface area contributed by atoms with E-state index < -0.39 is 17.8 Å². The highest BCUT2D eigenvalue weighted by molar-refractivity contribution is 6.31. The fourth-order valence-corrected chi connectivity index (χ4v) is 3.12. The van der Waals surface area contributed by atoms with Crippen molar-refractivity contribution in [3.05, 3.63) is 28.0 Å². The second-order valence-electron chi connectivity index (χ2n) is 5.27. The van der Waals surface area contributed by atoms with Gasteiger partial charge >= 0.3 is 6.08 Å². The summed E-state index contributed by atoms with van der Waals surface area (Å²) in [7, 11) is 1.86. The average molecular weight is 327 g/mol. The monoisotopic (exact) mass is 326 g/mol.